The molecular formula is C28H32ClF2N5O3. The number of nitrogens with zero attached hydrogens (tertiary/aromatic N) is 2. The molecule has 3 heterocycles. The Balaban J connectivity index is 1.37. The molecule has 2 aromatic rings. The highest BCUT2D eigenvalue weighted by Crippen LogP contribution is 2.31. The number of halogens is 3. The lowest BCUT2D eigenvalue weighted by atomic mass is 9.91. The average molecular weight is 560 g/mol. The third-order valence-corrected chi connectivity index (χ3v) is 7.82. The number of aromatic nitrogens is 1. The highest BCUT2D eigenvalue weighted by atomic mass is 35.5. The summed E-state index contributed by atoms with van der Waals surface area (Å²) in [4.78, 5) is 32.5. The number of benzene rings is 1. The fourth-order valence-corrected chi connectivity index (χ4v) is 5.61. The second kappa shape index (κ2) is 11.2. The summed E-state index contributed by atoms with van der Waals surface area (Å²) in [6.45, 7) is 2.63. The molecule has 3 atom stereocenters. The summed E-state index contributed by atoms with van der Waals surface area (Å²) in [7, 11) is 0. The van der Waals surface area contributed by atoms with Gasteiger partial charge in [-0.25, -0.2) is 8.78 Å². The van der Waals surface area contributed by atoms with Crippen molar-refractivity contribution in [3.8, 4) is 0 Å². The highest BCUT2D eigenvalue weighted by Gasteiger charge is 2.38. The summed E-state index contributed by atoms with van der Waals surface area (Å²) in [6, 6.07) is 4.13. The van der Waals surface area contributed by atoms with E-state index in [9.17, 15) is 18.4 Å². The van der Waals surface area contributed by atoms with E-state index in [0.717, 1.165) is 16.3 Å². The number of ether oxygens (including phenoxy) is 1. The molecule has 11 heteroatoms. The van der Waals surface area contributed by atoms with Crippen LogP contribution in [-0.4, -0.2) is 72.0 Å². The maximum Gasteiger partial charge on any atom is 0.255 e. The standard InChI is InChI=1S/C28H32ClF2N5O3/c1-16-10-20(27(38)36-7-5-28(30,31)6-8-36)25(22(32)11-16)34-24-15-39-9-4-23(24)35-26(37)21-14-33-13-17-12-18(29)2-3-19(17)21/h2-3,10,12-14,22-24,34H,4-9,11,15,32H2,1H3,(H,35,37)/t22?,23-,24+/m0/s1. The van der Waals surface area contributed by atoms with Gasteiger partial charge in [-0.2, -0.15) is 0 Å². The zero-order chi connectivity index (χ0) is 27.7. The molecule has 1 aromatic heterocycles. The molecule has 2 aliphatic heterocycles. The van der Waals surface area contributed by atoms with Gasteiger partial charge in [-0.15, -0.1) is 0 Å². The maximum atomic E-state index is 13.7. The van der Waals surface area contributed by atoms with Gasteiger partial charge in [-0.1, -0.05) is 23.2 Å². The van der Waals surface area contributed by atoms with Gasteiger partial charge in [0.05, 0.1) is 29.8 Å². The fraction of sp³-hybridized carbons (Fsp3) is 0.464. The monoisotopic (exact) mass is 559 g/mol. The van der Waals surface area contributed by atoms with Crippen LogP contribution in [0.25, 0.3) is 10.8 Å². The Bertz CT molecular complexity index is 1340. The number of hydrogen-bond acceptors (Lipinski definition) is 6. The van der Waals surface area contributed by atoms with Gasteiger partial charge in [0.1, 0.15) is 0 Å². The molecule has 39 heavy (non-hydrogen) atoms. The SMILES string of the molecule is CC1=CC(C(=O)N2CCC(F)(F)CC2)=C(N[C@@H]2COCC[C@@H]2NC(=O)c2cncc3cc(Cl)ccc23)C(N)C1. The molecule has 2 amide bonds. The van der Waals surface area contributed by atoms with Crippen molar-refractivity contribution < 1.29 is 23.1 Å². The predicted octanol–water partition coefficient (Wildman–Crippen LogP) is 3.55. The second-order valence-electron chi connectivity index (χ2n) is 10.5. The number of hydrogen-bond donors (Lipinski definition) is 3. The molecule has 4 N–H and O–H groups in total. The first-order valence-corrected chi connectivity index (χ1v) is 13.5. The summed E-state index contributed by atoms with van der Waals surface area (Å²) in [5.74, 6) is -3.35. The summed E-state index contributed by atoms with van der Waals surface area (Å²) >= 11 is 6.11. The van der Waals surface area contributed by atoms with Crippen LogP contribution in [0, 0.1) is 0 Å². The van der Waals surface area contributed by atoms with Crippen LogP contribution in [0.4, 0.5) is 8.78 Å². The Morgan fingerprint density at radius 1 is 1.21 bits per heavy atom. The van der Waals surface area contributed by atoms with E-state index in [2.05, 4.69) is 15.6 Å². The number of rotatable bonds is 5. The maximum absolute atomic E-state index is 13.7. The summed E-state index contributed by atoms with van der Waals surface area (Å²) in [5, 5.41) is 8.57. The van der Waals surface area contributed by atoms with Crippen LogP contribution in [0.3, 0.4) is 0 Å². The van der Waals surface area contributed by atoms with E-state index in [-0.39, 0.29) is 49.8 Å². The Morgan fingerprint density at radius 3 is 2.74 bits per heavy atom. The number of pyridine rings is 1. The topological polar surface area (TPSA) is 110 Å². The number of likely N-dealkylation sites (tertiary alicyclic amines) is 1. The highest BCUT2D eigenvalue weighted by molar-refractivity contribution is 6.31. The van der Waals surface area contributed by atoms with Crippen molar-refractivity contribution in [3.05, 3.63) is 64.1 Å². The van der Waals surface area contributed by atoms with Crippen LogP contribution in [0.5, 0.6) is 0 Å². The van der Waals surface area contributed by atoms with Crippen LogP contribution in [-0.2, 0) is 9.53 Å². The molecule has 2 fully saturated rings. The van der Waals surface area contributed by atoms with E-state index < -0.39 is 12.0 Å². The minimum absolute atomic E-state index is 0.0137. The molecule has 208 valence electrons. The lowest BCUT2D eigenvalue weighted by Gasteiger charge is -2.38. The number of amides is 2. The smallest absolute Gasteiger partial charge is 0.255 e. The van der Waals surface area contributed by atoms with Crippen molar-refractivity contribution in [1.82, 2.24) is 20.5 Å². The molecule has 0 saturated carbocycles. The molecule has 0 radical (unpaired) electrons. The predicted molar refractivity (Wildman–Crippen MR) is 145 cm³/mol. The van der Waals surface area contributed by atoms with Crippen molar-refractivity contribution in [2.45, 2.75) is 56.7 Å². The molecule has 0 bridgehead atoms. The number of carbonyl (C=O) groups excluding carboxylic acids is 2. The van der Waals surface area contributed by atoms with Gasteiger partial charge in [0, 0.05) is 67.1 Å². The van der Waals surface area contributed by atoms with E-state index >= 15 is 0 Å². The first-order chi connectivity index (χ1) is 18.6. The Morgan fingerprint density at radius 2 is 1.97 bits per heavy atom. The number of nitrogens with one attached hydrogen (secondary N) is 2. The van der Waals surface area contributed by atoms with Crippen molar-refractivity contribution >= 4 is 34.2 Å². The van der Waals surface area contributed by atoms with Gasteiger partial charge in [0.25, 0.3) is 17.7 Å². The Hall–Kier alpha value is -3.08. The van der Waals surface area contributed by atoms with Crippen LogP contribution >= 0.6 is 11.6 Å². The summed E-state index contributed by atoms with van der Waals surface area (Å²) < 4.78 is 33.1. The normalized spacial score (nSPS) is 25.3. The molecule has 1 aliphatic carbocycles. The molecule has 1 unspecified atom stereocenters. The lowest BCUT2D eigenvalue weighted by Crippen LogP contribution is -2.57. The first kappa shape index (κ1) is 27.5. The van der Waals surface area contributed by atoms with E-state index in [1.54, 1.807) is 30.5 Å². The van der Waals surface area contributed by atoms with E-state index in [0.29, 0.717) is 47.9 Å². The molecule has 0 spiro atoms. The number of fused-ring (bicyclic) bond motifs is 1. The lowest BCUT2D eigenvalue weighted by molar-refractivity contribution is -0.133. The Labute approximate surface area is 230 Å². The molecule has 1 aromatic carbocycles. The van der Waals surface area contributed by atoms with Gasteiger partial charge in [-0.05, 0) is 43.4 Å². The van der Waals surface area contributed by atoms with E-state index in [1.807, 2.05) is 6.92 Å². The number of nitrogens with two attached hydrogens (primary N) is 1. The zero-order valence-electron chi connectivity index (χ0n) is 21.7. The molecule has 8 nitrogen and oxygen atoms in total. The van der Waals surface area contributed by atoms with Crippen LogP contribution < -0.4 is 16.4 Å². The van der Waals surface area contributed by atoms with Crippen molar-refractivity contribution in [3.63, 3.8) is 0 Å². The number of alkyl halides is 2. The largest absolute Gasteiger partial charge is 0.379 e. The van der Waals surface area contributed by atoms with Crippen molar-refractivity contribution in [2.24, 2.45) is 5.73 Å². The molecule has 3 aliphatic rings. The number of carbonyl (C=O) groups is 2. The van der Waals surface area contributed by atoms with Gasteiger partial charge in [0.15, 0.2) is 0 Å². The van der Waals surface area contributed by atoms with E-state index in [1.165, 1.54) is 11.1 Å². The second-order valence-corrected chi connectivity index (χ2v) is 11.0. The van der Waals surface area contributed by atoms with Gasteiger partial charge < -0.3 is 26.0 Å². The summed E-state index contributed by atoms with van der Waals surface area (Å²) in [6.07, 6.45) is 5.35. The minimum atomic E-state index is -2.75. The van der Waals surface area contributed by atoms with Gasteiger partial charge in [0.2, 0.25) is 0 Å². The van der Waals surface area contributed by atoms with Gasteiger partial charge >= 0.3 is 0 Å². The minimum Gasteiger partial charge on any atom is -0.379 e. The third kappa shape index (κ3) is 6.08. The molecule has 5 rings (SSSR count). The van der Waals surface area contributed by atoms with Crippen LogP contribution in [0.1, 0.15) is 43.0 Å². The van der Waals surface area contributed by atoms with Crippen molar-refractivity contribution in [2.75, 3.05) is 26.3 Å². The van der Waals surface area contributed by atoms with Crippen molar-refractivity contribution in [1.29, 1.82) is 0 Å². The van der Waals surface area contributed by atoms with E-state index in [4.69, 9.17) is 22.1 Å². The summed E-state index contributed by atoms with van der Waals surface area (Å²) in [5.41, 5.74) is 8.79. The quantitative estimate of drug-likeness (QED) is 0.517. The Kier molecular flexibility index (Phi) is 7.89. The van der Waals surface area contributed by atoms with Crippen LogP contribution in [0.2, 0.25) is 5.02 Å². The fourth-order valence-electron chi connectivity index (χ4n) is 5.43. The zero-order valence-corrected chi connectivity index (χ0v) is 22.4. The molecular weight excluding hydrogens is 528 g/mol. The van der Waals surface area contributed by atoms with Crippen LogP contribution in [0.15, 0.2) is 53.5 Å². The average Bonchev–Trinajstić information content (AvgIpc) is 2.90. The van der Waals surface area contributed by atoms with Gasteiger partial charge in [-0.3, -0.25) is 14.6 Å². The third-order valence-electron chi connectivity index (χ3n) is 7.59. The molecule has 2 saturated heterocycles. The number of piperidine rings is 1. The first-order valence-electron chi connectivity index (χ1n) is 13.1.